The first kappa shape index (κ1) is 20.3. The number of hydrogen-bond donors (Lipinski definition) is 0. The fourth-order valence-corrected chi connectivity index (χ4v) is 4.02. The first-order valence-electron chi connectivity index (χ1n) is 10.0. The Balaban J connectivity index is 1.41. The maximum absolute atomic E-state index is 12.7. The number of amides is 1. The van der Waals surface area contributed by atoms with E-state index in [0.29, 0.717) is 31.1 Å². The molecule has 0 bridgehead atoms. The van der Waals surface area contributed by atoms with Crippen molar-refractivity contribution in [3.63, 3.8) is 0 Å². The van der Waals surface area contributed by atoms with Crippen LogP contribution < -0.4 is 5.56 Å². The van der Waals surface area contributed by atoms with Crippen molar-refractivity contribution in [2.45, 2.75) is 25.2 Å². The van der Waals surface area contributed by atoms with E-state index in [1.807, 2.05) is 36.4 Å². The van der Waals surface area contributed by atoms with Crippen LogP contribution in [0.1, 0.15) is 46.2 Å². The number of likely N-dealkylation sites (tertiary alicyclic amines) is 1. The Morgan fingerprint density at radius 3 is 2.57 bits per heavy atom. The molecule has 4 rings (SSSR count). The molecule has 2 aromatic heterocycles. The molecule has 0 radical (unpaired) electrons. The van der Waals surface area contributed by atoms with E-state index in [9.17, 15) is 9.59 Å². The van der Waals surface area contributed by atoms with Crippen LogP contribution >= 0.6 is 11.6 Å². The average Bonchev–Trinajstić information content (AvgIpc) is 2.77. The Kier molecular flexibility index (Phi) is 5.95. The predicted octanol–water partition coefficient (Wildman–Crippen LogP) is 3.44. The number of hydrogen-bond acceptors (Lipinski definition) is 4. The van der Waals surface area contributed by atoms with E-state index < -0.39 is 0 Å². The van der Waals surface area contributed by atoms with E-state index in [-0.39, 0.29) is 11.5 Å². The van der Waals surface area contributed by atoms with Gasteiger partial charge in [0.05, 0.1) is 0 Å². The topological polar surface area (TPSA) is 68.1 Å². The highest BCUT2D eigenvalue weighted by Gasteiger charge is 2.26. The summed E-state index contributed by atoms with van der Waals surface area (Å²) in [7, 11) is 1.55. The fraction of sp³-hybridized carbons (Fsp3) is 0.304. The average molecular weight is 423 g/mol. The van der Waals surface area contributed by atoms with Crippen LogP contribution in [0, 0.1) is 0 Å². The Labute approximate surface area is 180 Å². The number of aromatic nitrogens is 3. The maximum Gasteiger partial charge on any atom is 0.274 e. The molecule has 3 heterocycles. The third kappa shape index (κ3) is 4.44. The van der Waals surface area contributed by atoms with Crippen molar-refractivity contribution >= 4 is 17.5 Å². The molecule has 0 atom stereocenters. The summed E-state index contributed by atoms with van der Waals surface area (Å²) < 4.78 is 1.19. The molecule has 1 aromatic carbocycles. The third-order valence-electron chi connectivity index (χ3n) is 5.54. The molecule has 1 aliphatic heterocycles. The van der Waals surface area contributed by atoms with Crippen LogP contribution in [0.3, 0.4) is 0 Å². The molecule has 0 N–H and O–H groups in total. The van der Waals surface area contributed by atoms with Gasteiger partial charge in [0.1, 0.15) is 5.69 Å². The summed E-state index contributed by atoms with van der Waals surface area (Å²) in [5, 5.41) is 4.83. The van der Waals surface area contributed by atoms with Gasteiger partial charge in [-0.25, -0.2) is 4.68 Å². The SMILES string of the molecule is Cn1nc(C(=O)N2CCC(c3cccc(Cc4ccccc4Cl)n3)CC2)ccc1=O. The highest BCUT2D eigenvalue weighted by molar-refractivity contribution is 6.31. The number of rotatable bonds is 4. The zero-order valence-electron chi connectivity index (χ0n) is 16.8. The van der Waals surface area contributed by atoms with Gasteiger partial charge >= 0.3 is 0 Å². The number of halogens is 1. The van der Waals surface area contributed by atoms with Crippen LogP contribution in [0.5, 0.6) is 0 Å². The molecule has 154 valence electrons. The van der Waals surface area contributed by atoms with Crippen molar-refractivity contribution in [3.8, 4) is 0 Å². The Hall–Kier alpha value is -2.99. The highest BCUT2D eigenvalue weighted by atomic mass is 35.5. The molecule has 1 amide bonds. The second-order valence-corrected chi connectivity index (χ2v) is 7.98. The summed E-state index contributed by atoms with van der Waals surface area (Å²) in [4.78, 5) is 30.9. The van der Waals surface area contributed by atoms with E-state index in [0.717, 1.165) is 34.8 Å². The van der Waals surface area contributed by atoms with Crippen LogP contribution in [0.25, 0.3) is 0 Å². The zero-order valence-corrected chi connectivity index (χ0v) is 17.5. The van der Waals surface area contributed by atoms with Gasteiger partial charge in [0.15, 0.2) is 0 Å². The number of carbonyl (C=O) groups is 1. The van der Waals surface area contributed by atoms with E-state index in [2.05, 4.69) is 11.2 Å². The molecule has 1 saturated heterocycles. The van der Waals surface area contributed by atoms with E-state index >= 15 is 0 Å². The van der Waals surface area contributed by atoms with Gasteiger partial charge in [-0.1, -0.05) is 35.9 Å². The van der Waals surface area contributed by atoms with E-state index in [4.69, 9.17) is 16.6 Å². The van der Waals surface area contributed by atoms with Crippen molar-refractivity contribution in [2.75, 3.05) is 13.1 Å². The number of piperidine rings is 1. The third-order valence-corrected chi connectivity index (χ3v) is 5.91. The summed E-state index contributed by atoms with van der Waals surface area (Å²) in [5.41, 5.74) is 3.19. The normalized spacial score (nSPS) is 14.7. The lowest BCUT2D eigenvalue weighted by molar-refractivity contribution is 0.0703. The van der Waals surface area contributed by atoms with Gasteiger partial charge in [-0.05, 0) is 42.7 Å². The highest BCUT2D eigenvalue weighted by Crippen LogP contribution is 2.28. The van der Waals surface area contributed by atoms with Gasteiger partial charge in [-0.3, -0.25) is 14.6 Å². The Morgan fingerprint density at radius 1 is 1.07 bits per heavy atom. The van der Waals surface area contributed by atoms with Crippen molar-refractivity contribution < 1.29 is 4.79 Å². The van der Waals surface area contributed by atoms with E-state index in [1.165, 1.54) is 16.8 Å². The molecular formula is C23H23ClN4O2. The summed E-state index contributed by atoms with van der Waals surface area (Å²) >= 11 is 6.29. The molecule has 6 nitrogen and oxygen atoms in total. The first-order chi connectivity index (χ1) is 14.5. The number of nitrogens with zero attached hydrogens (tertiary/aromatic N) is 4. The lowest BCUT2D eigenvalue weighted by Crippen LogP contribution is -2.39. The molecule has 0 saturated carbocycles. The standard InChI is InChI=1S/C23H23ClN4O2/c1-27-22(29)10-9-21(26-27)23(30)28-13-11-16(12-14-28)20-8-4-6-18(25-20)15-17-5-2-3-7-19(17)24/h2-10,16H,11-15H2,1H3. The van der Waals surface area contributed by atoms with Crippen molar-refractivity contribution in [3.05, 3.63) is 92.6 Å². The van der Waals surface area contributed by atoms with Crippen LogP contribution in [0.2, 0.25) is 5.02 Å². The van der Waals surface area contributed by atoms with Gasteiger partial charge < -0.3 is 4.90 Å². The first-order valence-corrected chi connectivity index (χ1v) is 10.4. The van der Waals surface area contributed by atoms with Gasteiger partial charge in [-0.15, -0.1) is 0 Å². The second kappa shape index (κ2) is 8.79. The molecular weight excluding hydrogens is 400 g/mol. The van der Waals surface area contributed by atoms with Crippen LogP contribution in [-0.4, -0.2) is 38.7 Å². The van der Waals surface area contributed by atoms with Crippen LogP contribution in [0.15, 0.2) is 59.4 Å². The molecule has 0 unspecified atom stereocenters. The van der Waals surface area contributed by atoms with Crippen molar-refractivity contribution in [1.82, 2.24) is 19.7 Å². The Morgan fingerprint density at radius 2 is 1.83 bits per heavy atom. The summed E-state index contributed by atoms with van der Waals surface area (Å²) in [6.45, 7) is 1.29. The summed E-state index contributed by atoms with van der Waals surface area (Å²) in [5.74, 6) is 0.179. The molecule has 3 aromatic rings. The van der Waals surface area contributed by atoms with Gasteiger partial charge in [-0.2, -0.15) is 5.10 Å². The molecule has 1 fully saturated rings. The van der Waals surface area contributed by atoms with Gasteiger partial charge in [0.25, 0.3) is 11.5 Å². The number of aryl methyl sites for hydroxylation is 1. The maximum atomic E-state index is 12.7. The predicted molar refractivity (Wildman–Crippen MR) is 116 cm³/mol. The van der Waals surface area contributed by atoms with Crippen LogP contribution in [0.4, 0.5) is 0 Å². The number of benzene rings is 1. The minimum Gasteiger partial charge on any atom is -0.337 e. The van der Waals surface area contributed by atoms with Gasteiger partial charge in [0.2, 0.25) is 0 Å². The van der Waals surface area contributed by atoms with Crippen LogP contribution in [-0.2, 0) is 13.5 Å². The minimum atomic E-state index is -0.229. The monoisotopic (exact) mass is 422 g/mol. The van der Waals surface area contributed by atoms with Gasteiger partial charge in [0, 0.05) is 55.0 Å². The number of pyridine rings is 1. The van der Waals surface area contributed by atoms with Crippen molar-refractivity contribution in [1.29, 1.82) is 0 Å². The van der Waals surface area contributed by atoms with Crippen molar-refractivity contribution in [2.24, 2.45) is 7.05 Å². The summed E-state index contributed by atoms with van der Waals surface area (Å²) in [6, 6.07) is 16.8. The lowest BCUT2D eigenvalue weighted by Gasteiger charge is -2.31. The fourth-order valence-electron chi connectivity index (χ4n) is 3.82. The molecule has 30 heavy (non-hydrogen) atoms. The molecule has 0 aliphatic carbocycles. The Bertz CT molecular complexity index is 1120. The smallest absolute Gasteiger partial charge is 0.274 e. The largest absolute Gasteiger partial charge is 0.337 e. The minimum absolute atomic E-state index is 0.135. The quantitative estimate of drug-likeness (QED) is 0.645. The summed E-state index contributed by atoms with van der Waals surface area (Å²) in [6.07, 6.45) is 2.39. The lowest BCUT2D eigenvalue weighted by atomic mass is 9.92. The van der Waals surface area contributed by atoms with E-state index in [1.54, 1.807) is 11.9 Å². The second-order valence-electron chi connectivity index (χ2n) is 7.57. The molecule has 1 aliphatic rings. The molecule has 0 spiro atoms. The molecule has 7 heteroatoms. The zero-order chi connectivity index (χ0) is 21.1. The number of carbonyl (C=O) groups excluding carboxylic acids is 1.